The standard InChI is InChI=1S/C6H13Cl2NO2/c7-1-5(10)3-9-4-6(11)2-8/h5-6,9-11H,1-4H2. The lowest BCUT2D eigenvalue weighted by Gasteiger charge is -2.10. The fraction of sp³-hybridized carbons (Fsp3) is 1.00. The van der Waals surface area contributed by atoms with Crippen LogP contribution in [-0.4, -0.2) is 47.3 Å². The number of aliphatic hydroxyl groups is 2. The maximum absolute atomic E-state index is 8.93. The molecule has 5 heteroatoms. The van der Waals surface area contributed by atoms with Gasteiger partial charge in [-0.3, -0.25) is 0 Å². The maximum Gasteiger partial charge on any atom is 0.0799 e. The van der Waals surface area contributed by atoms with Gasteiger partial charge in [0.25, 0.3) is 0 Å². The van der Waals surface area contributed by atoms with E-state index in [-0.39, 0.29) is 11.8 Å². The van der Waals surface area contributed by atoms with E-state index in [2.05, 4.69) is 5.32 Å². The fourth-order valence-corrected chi connectivity index (χ4v) is 0.744. The minimum Gasteiger partial charge on any atom is -0.391 e. The molecule has 2 atom stereocenters. The van der Waals surface area contributed by atoms with Crippen LogP contribution in [0, 0.1) is 0 Å². The van der Waals surface area contributed by atoms with Crippen LogP contribution in [0.1, 0.15) is 0 Å². The lowest BCUT2D eigenvalue weighted by molar-refractivity contribution is 0.167. The minimum absolute atomic E-state index is 0.198. The molecule has 0 aliphatic heterocycles. The number of nitrogens with one attached hydrogen (secondary N) is 1. The van der Waals surface area contributed by atoms with E-state index in [4.69, 9.17) is 33.4 Å². The molecule has 0 heterocycles. The van der Waals surface area contributed by atoms with Crippen LogP contribution in [0.3, 0.4) is 0 Å². The molecule has 0 aromatic heterocycles. The molecule has 0 spiro atoms. The van der Waals surface area contributed by atoms with E-state index >= 15 is 0 Å². The van der Waals surface area contributed by atoms with E-state index in [9.17, 15) is 0 Å². The summed E-state index contributed by atoms with van der Waals surface area (Å²) < 4.78 is 0. The molecule has 2 unspecified atom stereocenters. The van der Waals surface area contributed by atoms with Crippen LogP contribution in [0.15, 0.2) is 0 Å². The summed E-state index contributed by atoms with van der Waals surface area (Å²) in [6.07, 6.45) is -1.11. The summed E-state index contributed by atoms with van der Waals surface area (Å²) in [7, 11) is 0. The van der Waals surface area contributed by atoms with Crippen molar-refractivity contribution in [1.82, 2.24) is 5.32 Å². The van der Waals surface area contributed by atoms with Crippen LogP contribution in [0.2, 0.25) is 0 Å². The van der Waals surface area contributed by atoms with Gasteiger partial charge >= 0.3 is 0 Å². The Labute approximate surface area is 76.3 Å². The molecule has 3 nitrogen and oxygen atoms in total. The molecule has 0 saturated carbocycles. The Morgan fingerprint density at radius 2 is 1.36 bits per heavy atom. The minimum atomic E-state index is -0.556. The second-order valence-corrected chi connectivity index (χ2v) is 2.89. The molecule has 0 rings (SSSR count). The molecule has 0 fully saturated rings. The van der Waals surface area contributed by atoms with Crippen molar-refractivity contribution in [2.75, 3.05) is 24.8 Å². The highest BCUT2D eigenvalue weighted by atomic mass is 35.5. The normalized spacial score (nSPS) is 16.4. The van der Waals surface area contributed by atoms with Gasteiger partial charge in [-0.15, -0.1) is 23.2 Å². The molecular weight excluding hydrogens is 189 g/mol. The largest absolute Gasteiger partial charge is 0.391 e. The highest BCUT2D eigenvalue weighted by molar-refractivity contribution is 6.18. The van der Waals surface area contributed by atoms with Crippen LogP contribution in [0.5, 0.6) is 0 Å². The first-order valence-corrected chi connectivity index (χ1v) is 4.46. The number of aliphatic hydroxyl groups excluding tert-OH is 2. The molecule has 0 aromatic carbocycles. The van der Waals surface area contributed by atoms with Crippen molar-refractivity contribution < 1.29 is 10.2 Å². The molecule has 0 aliphatic carbocycles. The van der Waals surface area contributed by atoms with Crippen molar-refractivity contribution in [3.63, 3.8) is 0 Å². The molecular formula is C6H13Cl2NO2. The van der Waals surface area contributed by atoms with Gasteiger partial charge in [-0.1, -0.05) is 0 Å². The van der Waals surface area contributed by atoms with Gasteiger partial charge in [0.1, 0.15) is 0 Å². The quantitative estimate of drug-likeness (QED) is 0.522. The molecule has 0 aromatic rings. The van der Waals surface area contributed by atoms with Crippen molar-refractivity contribution in [1.29, 1.82) is 0 Å². The second kappa shape index (κ2) is 7.13. The van der Waals surface area contributed by atoms with Gasteiger partial charge in [0.2, 0.25) is 0 Å². The van der Waals surface area contributed by atoms with E-state index in [1.807, 2.05) is 0 Å². The van der Waals surface area contributed by atoms with E-state index in [1.54, 1.807) is 0 Å². The Balaban J connectivity index is 3.13. The number of hydrogen-bond acceptors (Lipinski definition) is 3. The van der Waals surface area contributed by atoms with Crippen LogP contribution in [-0.2, 0) is 0 Å². The smallest absolute Gasteiger partial charge is 0.0799 e. The molecule has 0 radical (unpaired) electrons. The fourth-order valence-electron chi connectivity index (χ4n) is 0.526. The Morgan fingerprint density at radius 3 is 1.64 bits per heavy atom. The average molecular weight is 202 g/mol. The van der Waals surface area contributed by atoms with Crippen molar-refractivity contribution in [2.45, 2.75) is 12.2 Å². The van der Waals surface area contributed by atoms with Crippen LogP contribution in [0.25, 0.3) is 0 Å². The highest BCUT2D eigenvalue weighted by Crippen LogP contribution is 1.87. The maximum atomic E-state index is 8.93. The number of rotatable bonds is 6. The summed E-state index contributed by atoms with van der Waals surface area (Å²) in [6.45, 7) is 0.773. The van der Waals surface area contributed by atoms with Gasteiger partial charge in [-0.25, -0.2) is 0 Å². The van der Waals surface area contributed by atoms with Crippen molar-refractivity contribution in [3.8, 4) is 0 Å². The van der Waals surface area contributed by atoms with Gasteiger partial charge in [-0.05, 0) is 0 Å². The monoisotopic (exact) mass is 201 g/mol. The number of hydrogen-bond donors (Lipinski definition) is 3. The van der Waals surface area contributed by atoms with E-state index in [0.29, 0.717) is 13.1 Å². The molecule has 68 valence electrons. The van der Waals surface area contributed by atoms with Crippen molar-refractivity contribution in [2.24, 2.45) is 0 Å². The average Bonchev–Trinajstić information content (AvgIpc) is 2.04. The summed E-state index contributed by atoms with van der Waals surface area (Å²) in [5.74, 6) is 0.397. The van der Waals surface area contributed by atoms with Crippen LogP contribution >= 0.6 is 23.2 Å². The predicted molar refractivity (Wildman–Crippen MR) is 46.3 cm³/mol. The van der Waals surface area contributed by atoms with Crippen molar-refractivity contribution >= 4 is 23.2 Å². The summed E-state index contributed by atoms with van der Waals surface area (Å²) in [5, 5.41) is 20.7. The van der Waals surface area contributed by atoms with E-state index in [1.165, 1.54) is 0 Å². The summed E-state index contributed by atoms with van der Waals surface area (Å²) in [4.78, 5) is 0. The first kappa shape index (κ1) is 11.5. The van der Waals surface area contributed by atoms with Gasteiger partial charge in [0.15, 0.2) is 0 Å². The number of halogens is 2. The Bertz CT molecular complexity index is 84.7. The zero-order valence-electron chi connectivity index (χ0n) is 6.13. The van der Waals surface area contributed by atoms with Crippen molar-refractivity contribution in [3.05, 3.63) is 0 Å². The van der Waals surface area contributed by atoms with E-state index < -0.39 is 12.2 Å². The third kappa shape index (κ3) is 6.84. The summed E-state index contributed by atoms with van der Waals surface area (Å²) in [6, 6.07) is 0. The third-order valence-corrected chi connectivity index (χ3v) is 1.83. The predicted octanol–water partition coefficient (Wildman–Crippen LogP) is -0.225. The molecule has 11 heavy (non-hydrogen) atoms. The Morgan fingerprint density at radius 1 is 1.00 bits per heavy atom. The zero-order valence-corrected chi connectivity index (χ0v) is 7.65. The first-order chi connectivity index (χ1) is 5.20. The highest BCUT2D eigenvalue weighted by Gasteiger charge is 2.03. The SMILES string of the molecule is OC(CCl)CNCC(O)CCl. The lowest BCUT2D eigenvalue weighted by atomic mass is 10.3. The van der Waals surface area contributed by atoms with Gasteiger partial charge in [0.05, 0.1) is 12.2 Å². The van der Waals surface area contributed by atoms with Crippen LogP contribution in [0.4, 0.5) is 0 Å². The van der Waals surface area contributed by atoms with Gasteiger partial charge < -0.3 is 15.5 Å². The Kier molecular flexibility index (Phi) is 7.43. The van der Waals surface area contributed by atoms with E-state index in [0.717, 1.165) is 0 Å². The molecule has 3 N–H and O–H groups in total. The molecule has 0 amide bonds. The van der Waals surface area contributed by atoms with Gasteiger partial charge in [-0.2, -0.15) is 0 Å². The molecule has 0 aliphatic rings. The third-order valence-electron chi connectivity index (χ3n) is 1.12. The Hall–Kier alpha value is 0.460. The second-order valence-electron chi connectivity index (χ2n) is 2.27. The zero-order chi connectivity index (χ0) is 8.69. The number of alkyl halides is 2. The summed E-state index contributed by atoms with van der Waals surface area (Å²) in [5.41, 5.74) is 0. The first-order valence-electron chi connectivity index (χ1n) is 3.39. The lowest BCUT2D eigenvalue weighted by Crippen LogP contribution is -2.34. The molecule has 0 bridgehead atoms. The molecule has 0 saturated heterocycles. The van der Waals surface area contributed by atoms with Gasteiger partial charge in [0, 0.05) is 24.8 Å². The summed E-state index contributed by atoms with van der Waals surface area (Å²) >= 11 is 10.6. The topological polar surface area (TPSA) is 52.5 Å². The van der Waals surface area contributed by atoms with Crippen LogP contribution < -0.4 is 5.32 Å².